The fourth-order valence-electron chi connectivity index (χ4n) is 2.51. The van der Waals surface area contributed by atoms with Crippen molar-refractivity contribution in [2.75, 3.05) is 6.61 Å². The molecule has 1 N–H and O–H groups in total. The van der Waals surface area contributed by atoms with Crippen LogP contribution in [0.5, 0.6) is 5.75 Å². The Hall–Kier alpha value is -3.02. The normalized spacial score (nSPS) is 10.8. The first-order chi connectivity index (χ1) is 11.6. The zero-order valence-corrected chi connectivity index (χ0v) is 13.0. The molecule has 0 saturated carbocycles. The molecule has 1 heterocycles. The van der Waals surface area contributed by atoms with Crippen molar-refractivity contribution in [2.24, 2.45) is 0 Å². The molecule has 0 fully saturated rings. The molecule has 0 spiro atoms. The van der Waals surface area contributed by atoms with Gasteiger partial charge in [0.15, 0.2) is 5.58 Å². The van der Waals surface area contributed by atoms with E-state index < -0.39 is 5.97 Å². The number of ether oxygens (including phenoxy) is 1. The molecule has 24 heavy (non-hydrogen) atoms. The van der Waals surface area contributed by atoms with Gasteiger partial charge in [-0.15, -0.1) is 0 Å². The predicted molar refractivity (Wildman–Crippen MR) is 88.6 cm³/mol. The van der Waals surface area contributed by atoms with E-state index in [1.54, 1.807) is 22.8 Å². The summed E-state index contributed by atoms with van der Waals surface area (Å²) in [5.41, 5.74) is 1.57. The smallest absolute Gasteiger partial charge is 0.419 e. The number of hydrogen-bond donors (Lipinski definition) is 1. The number of carbonyl (C=O) groups is 1. The Morgan fingerprint density at radius 3 is 2.79 bits per heavy atom. The van der Waals surface area contributed by atoms with E-state index in [-0.39, 0.29) is 11.3 Å². The second kappa shape index (κ2) is 7.04. The lowest BCUT2D eigenvalue weighted by Crippen LogP contribution is -2.14. The Morgan fingerprint density at radius 1 is 1.12 bits per heavy atom. The van der Waals surface area contributed by atoms with Crippen molar-refractivity contribution in [2.45, 2.75) is 19.4 Å². The number of hydrogen-bond acceptors (Lipinski definition) is 4. The maximum absolute atomic E-state index is 11.8. The lowest BCUT2D eigenvalue weighted by Gasteiger charge is -2.07. The van der Waals surface area contributed by atoms with E-state index in [9.17, 15) is 9.59 Å². The van der Waals surface area contributed by atoms with Crippen molar-refractivity contribution in [3.63, 3.8) is 0 Å². The van der Waals surface area contributed by atoms with Crippen LogP contribution in [0.3, 0.4) is 0 Å². The summed E-state index contributed by atoms with van der Waals surface area (Å²) in [6.07, 6.45) is 1.49. The van der Waals surface area contributed by atoms with Crippen molar-refractivity contribution in [3.05, 3.63) is 64.6 Å². The van der Waals surface area contributed by atoms with Crippen LogP contribution >= 0.6 is 0 Å². The van der Waals surface area contributed by atoms with E-state index in [0.29, 0.717) is 24.5 Å². The molecule has 0 atom stereocenters. The summed E-state index contributed by atoms with van der Waals surface area (Å²) in [6.45, 7) is 1.00. The number of nitrogens with zero attached hydrogens (tertiary/aromatic N) is 1. The van der Waals surface area contributed by atoms with Gasteiger partial charge in [-0.05, 0) is 43.2 Å². The lowest BCUT2D eigenvalue weighted by molar-refractivity contribution is 0.0696. The molecule has 2 aromatic carbocycles. The van der Waals surface area contributed by atoms with Crippen LogP contribution < -0.4 is 10.5 Å². The largest absolute Gasteiger partial charge is 0.494 e. The van der Waals surface area contributed by atoms with Gasteiger partial charge in [0.25, 0.3) is 0 Å². The van der Waals surface area contributed by atoms with Crippen LogP contribution in [0.1, 0.15) is 23.2 Å². The van der Waals surface area contributed by atoms with E-state index in [4.69, 9.17) is 14.3 Å². The molecule has 0 amide bonds. The quantitative estimate of drug-likeness (QED) is 0.674. The Balaban J connectivity index is 1.52. The predicted octanol–water partition coefficient (Wildman–Crippen LogP) is 3.15. The zero-order chi connectivity index (χ0) is 16.9. The number of aromatic nitrogens is 1. The summed E-state index contributed by atoms with van der Waals surface area (Å²) in [6, 6.07) is 13.7. The minimum atomic E-state index is -0.980. The molecule has 0 saturated heterocycles. The van der Waals surface area contributed by atoms with Crippen LogP contribution in [-0.2, 0) is 6.54 Å². The zero-order valence-electron chi connectivity index (χ0n) is 13.0. The number of carboxylic acid groups (broad SMARTS) is 1. The fourth-order valence-corrected chi connectivity index (χ4v) is 2.51. The number of unbranched alkanes of at least 4 members (excludes halogenated alkanes) is 1. The average Bonchev–Trinajstić information content (AvgIpc) is 2.90. The monoisotopic (exact) mass is 327 g/mol. The maximum Gasteiger partial charge on any atom is 0.419 e. The number of rotatable bonds is 7. The summed E-state index contributed by atoms with van der Waals surface area (Å²) in [5, 5.41) is 8.94. The van der Waals surface area contributed by atoms with E-state index >= 15 is 0 Å². The third-order valence-corrected chi connectivity index (χ3v) is 3.70. The van der Waals surface area contributed by atoms with Crippen LogP contribution in [-0.4, -0.2) is 22.2 Å². The van der Waals surface area contributed by atoms with E-state index in [1.165, 1.54) is 12.1 Å². The number of aryl methyl sites for hydroxylation is 1. The van der Waals surface area contributed by atoms with Crippen molar-refractivity contribution in [1.29, 1.82) is 0 Å². The van der Waals surface area contributed by atoms with Gasteiger partial charge in [-0.3, -0.25) is 4.57 Å². The highest BCUT2D eigenvalue weighted by Gasteiger charge is 2.08. The van der Waals surface area contributed by atoms with Gasteiger partial charge in [-0.2, -0.15) is 0 Å². The second-order valence-electron chi connectivity index (χ2n) is 5.38. The van der Waals surface area contributed by atoms with Crippen LogP contribution in [0, 0.1) is 0 Å². The molecule has 0 aliphatic carbocycles. The van der Waals surface area contributed by atoms with Crippen molar-refractivity contribution < 1.29 is 19.1 Å². The SMILES string of the molecule is O=C(O)c1cccc(OCCCCn2c(=O)oc3ccccc32)c1. The van der Waals surface area contributed by atoms with Gasteiger partial charge >= 0.3 is 11.7 Å². The van der Waals surface area contributed by atoms with Crippen molar-refractivity contribution in [1.82, 2.24) is 4.57 Å². The molecular weight excluding hydrogens is 310 g/mol. The van der Waals surface area contributed by atoms with Gasteiger partial charge in [0, 0.05) is 6.54 Å². The highest BCUT2D eigenvalue weighted by molar-refractivity contribution is 5.88. The van der Waals surface area contributed by atoms with Crippen molar-refractivity contribution in [3.8, 4) is 5.75 Å². The third kappa shape index (κ3) is 3.48. The summed E-state index contributed by atoms with van der Waals surface area (Å²) in [4.78, 5) is 22.7. The number of benzene rings is 2. The molecule has 124 valence electrons. The molecule has 0 unspecified atom stereocenters. The highest BCUT2D eigenvalue weighted by atomic mass is 16.5. The second-order valence-corrected chi connectivity index (χ2v) is 5.38. The van der Waals surface area contributed by atoms with Crippen LogP contribution in [0.2, 0.25) is 0 Å². The molecule has 6 nitrogen and oxygen atoms in total. The molecule has 6 heteroatoms. The summed E-state index contributed by atoms with van der Waals surface area (Å²) in [5.74, 6) is -0.807. The molecule has 0 aliphatic heterocycles. The standard InChI is InChI=1S/C18H17NO5/c20-17(21)13-6-5-7-14(12-13)23-11-4-3-10-19-15-8-1-2-9-16(15)24-18(19)22/h1-2,5-9,12H,3-4,10-11H2,(H,20,21). The van der Waals surface area contributed by atoms with Gasteiger partial charge in [-0.25, -0.2) is 9.59 Å². The molecule has 1 aromatic heterocycles. The number of fused-ring (bicyclic) bond motifs is 1. The van der Waals surface area contributed by atoms with Crippen molar-refractivity contribution >= 4 is 17.1 Å². The molecule has 0 radical (unpaired) electrons. The number of oxazole rings is 1. The van der Waals surface area contributed by atoms with Crippen LogP contribution in [0.4, 0.5) is 0 Å². The fraction of sp³-hybridized carbons (Fsp3) is 0.222. The van der Waals surface area contributed by atoms with E-state index in [0.717, 1.165) is 18.4 Å². The molecule has 0 aliphatic rings. The summed E-state index contributed by atoms with van der Waals surface area (Å²) in [7, 11) is 0. The first-order valence-corrected chi connectivity index (χ1v) is 7.70. The minimum absolute atomic E-state index is 0.198. The van der Waals surface area contributed by atoms with Gasteiger partial charge in [0.05, 0.1) is 17.7 Å². The van der Waals surface area contributed by atoms with Gasteiger partial charge in [-0.1, -0.05) is 18.2 Å². The van der Waals surface area contributed by atoms with Crippen LogP contribution in [0.25, 0.3) is 11.1 Å². The summed E-state index contributed by atoms with van der Waals surface area (Å²) < 4.78 is 12.4. The highest BCUT2D eigenvalue weighted by Crippen LogP contribution is 2.15. The van der Waals surface area contributed by atoms with Gasteiger partial charge < -0.3 is 14.3 Å². The minimum Gasteiger partial charge on any atom is -0.494 e. The van der Waals surface area contributed by atoms with E-state index in [2.05, 4.69) is 0 Å². The Kier molecular flexibility index (Phi) is 4.65. The Labute approximate surface area is 137 Å². The van der Waals surface area contributed by atoms with E-state index in [1.807, 2.05) is 18.2 Å². The number of carboxylic acids is 1. The third-order valence-electron chi connectivity index (χ3n) is 3.70. The first kappa shape index (κ1) is 15.9. The Bertz CT molecular complexity index is 909. The molecule has 3 aromatic rings. The van der Waals surface area contributed by atoms with Crippen LogP contribution in [0.15, 0.2) is 57.7 Å². The topological polar surface area (TPSA) is 81.7 Å². The number of aromatic carboxylic acids is 1. The molecule has 0 bridgehead atoms. The Morgan fingerprint density at radius 2 is 1.96 bits per heavy atom. The van der Waals surface area contributed by atoms with Gasteiger partial charge in [0.2, 0.25) is 0 Å². The number of para-hydroxylation sites is 2. The lowest BCUT2D eigenvalue weighted by atomic mass is 10.2. The van der Waals surface area contributed by atoms with Gasteiger partial charge in [0.1, 0.15) is 5.75 Å². The average molecular weight is 327 g/mol. The molecule has 3 rings (SSSR count). The summed E-state index contributed by atoms with van der Waals surface area (Å²) >= 11 is 0. The first-order valence-electron chi connectivity index (χ1n) is 7.70. The maximum atomic E-state index is 11.8. The molecular formula is C18H17NO5.